The third-order valence-corrected chi connectivity index (χ3v) is 4.89. The van der Waals surface area contributed by atoms with Crippen molar-refractivity contribution in [3.8, 4) is 0 Å². The molecule has 0 unspecified atom stereocenters. The summed E-state index contributed by atoms with van der Waals surface area (Å²) in [5.41, 5.74) is 1.23. The maximum absolute atomic E-state index is 12.6. The van der Waals surface area contributed by atoms with Crippen LogP contribution in [0.5, 0.6) is 0 Å². The third-order valence-electron chi connectivity index (χ3n) is 4.89. The Hall–Kier alpha value is -1.50. The Balaban J connectivity index is 1.45. The van der Waals surface area contributed by atoms with Gasteiger partial charge in [-0.25, -0.2) is 0 Å². The summed E-state index contributed by atoms with van der Waals surface area (Å²) in [6, 6.07) is 4.07. The Morgan fingerprint density at radius 2 is 2.29 bits per heavy atom. The fourth-order valence-electron chi connectivity index (χ4n) is 3.62. The molecule has 132 valence electrons. The van der Waals surface area contributed by atoms with E-state index in [4.69, 9.17) is 4.74 Å². The summed E-state index contributed by atoms with van der Waals surface area (Å²) in [6.07, 6.45) is 4.51. The molecule has 0 aliphatic carbocycles. The number of carbonyl (C=O) groups excluding carboxylic acids is 1. The van der Waals surface area contributed by atoms with Crippen LogP contribution in [0.1, 0.15) is 12.0 Å². The molecule has 6 heteroatoms. The Kier molecular flexibility index (Phi) is 5.81. The SMILES string of the molecule is CN(Cc1cccnc1)C[C@@H]1CCN(C(=O)[C@@H]2CN(C)CCO2)C1. The number of amides is 1. The van der Waals surface area contributed by atoms with Gasteiger partial charge in [-0.2, -0.15) is 0 Å². The molecule has 0 radical (unpaired) electrons. The molecule has 3 heterocycles. The number of pyridine rings is 1. The van der Waals surface area contributed by atoms with Gasteiger partial charge in [-0.3, -0.25) is 9.78 Å². The van der Waals surface area contributed by atoms with E-state index in [0.29, 0.717) is 19.1 Å². The van der Waals surface area contributed by atoms with Gasteiger partial charge < -0.3 is 19.4 Å². The van der Waals surface area contributed by atoms with Gasteiger partial charge in [0.2, 0.25) is 0 Å². The van der Waals surface area contributed by atoms with Crippen molar-refractivity contribution < 1.29 is 9.53 Å². The van der Waals surface area contributed by atoms with E-state index >= 15 is 0 Å². The lowest BCUT2D eigenvalue weighted by atomic mass is 10.1. The number of likely N-dealkylation sites (N-methyl/N-ethyl adjacent to an activating group) is 1. The van der Waals surface area contributed by atoms with Crippen molar-refractivity contribution in [1.29, 1.82) is 0 Å². The lowest BCUT2D eigenvalue weighted by Crippen LogP contribution is -2.49. The van der Waals surface area contributed by atoms with Crippen molar-refractivity contribution in [3.05, 3.63) is 30.1 Å². The maximum Gasteiger partial charge on any atom is 0.253 e. The van der Waals surface area contributed by atoms with Crippen LogP contribution in [-0.2, 0) is 16.1 Å². The number of aromatic nitrogens is 1. The standard InChI is InChI=1S/C18H28N4O2/c1-20-8-9-24-17(14-20)18(23)22-7-5-16(13-22)12-21(2)11-15-4-3-6-19-10-15/h3-4,6,10,16-17H,5,7-9,11-14H2,1-2H3/t16-,17-/m0/s1. The molecule has 6 nitrogen and oxygen atoms in total. The van der Waals surface area contributed by atoms with Crippen molar-refractivity contribution in [1.82, 2.24) is 19.7 Å². The molecule has 0 spiro atoms. The zero-order valence-corrected chi connectivity index (χ0v) is 14.7. The summed E-state index contributed by atoms with van der Waals surface area (Å²) in [7, 11) is 4.18. The van der Waals surface area contributed by atoms with Gasteiger partial charge in [0.05, 0.1) is 6.61 Å². The van der Waals surface area contributed by atoms with E-state index in [-0.39, 0.29) is 12.0 Å². The molecule has 24 heavy (non-hydrogen) atoms. The van der Waals surface area contributed by atoms with Gasteiger partial charge in [0.1, 0.15) is 6.10 Å². The van der Waals surface area contributed by atoms with E-state index < -0.39 is 0 Å². The van der Waals surface area contributed by atoms with Crippen LogP contribution in [0.2, 0.25) is 0 Å². The zero-order chi connectivity index (χ0) is 16.9. The lowest BCUT2D eigenvalue weighted by molar-refractivity contribution is -0.147. The summed E-state index contributed by atoms with van der Waals surface area (Å²) in [5.74, 6) is 0.705. The maximum atomic E-state index is 12.6. The highest BCUT2D eigenvalue weighted by atomic mass is 16.5. The Bertz CT molecular complexity index is 539. The zero-order valence-electron chi connectivity index (χ0n) is 14.7. The van der Waals surface area contributed by atoms with E-state index in [0.717, 1.165) is 39.1 Å². The Morgan fingerprint density at radius 3 is 3.04 bits per heavy atom. The van der Waals surface area contributed by atoms with E-state index in [1.165, 1.54) is 5.56 Å². The predicted octanol–water partition coefficient (Wildman–Crippen LogP) is 0.693. The fourth-order valence-corrected chi connectivity index (χ4v) is 3.62. The quantitative estimate of drug-likeness (QED) is 0.794. The lowest BCUT2D eigenvalue weighted by Gasteiger charge is -2.31. The van der Waals surface area contributed by atoms with Crippen molar-refractivity contribution in [2.24, 2.45) is 5.92 Å². The average molecular weight is 332 g/mol. The number of nitrogens with zero attached hydrogens (tertiary/aromatic N) is 4. The van der Waals surface area contributed by atoms with Crippen molar-refractivity contribution in [2.45, 2.75) is 19.1 Å². The molecule has 2 aliphatic heterocycles. The second kappa shape index (κ2) is 8.05. The van der Waals surface area contributed by atoms with Crippen LogP contribution in [0.4, 0.5) is 0 Å². The van der Waals surface area contributed by atoms with Gasteiger partial charge in [0.25, 0.3) is 5.91 Å². The smallest absolute Gasteiger partial charge is 0.253 e. The molecule has 0 saturated carbocycles. The molecular formula is C18H28N4O2. The topological polar surface area (TPSA) is 48.9 Å². The Morgan fingerprint density at radius 1 is 1.42 bits per heavy atom. The van der Waals surface area contributed by atoms with E-state index in [2.05, 4.69) is 27.9 Å². The number of carbonyl (C=O) groups is 1. The molecular weight excluding hydrogens is 304 g/mol. The Labute approximate surface area is 144 Å². The molecule has 1 aromatic rings. The van der Waals surface area contributed by atoms with Gasteiger partial charge in [-0.1, -0.05) is 6.07 Å². The van der Waals surface area contributed by atoms with Crippen molar-refractivity contribution in [3.63, 3.8) is 0 Å². The van der Waals surface area contributed by atoms with Gasteiger partial charge in [-0.15, -0.1) is 0 Å². The largest absolute Gasteiger partial charge is 0.366 e. The summed E-state index contributed by atoms with van der Waals surface area (Å²) >= 11 is 0. The molecule has 0 aromatic carbocycles. The normalized spacial score (nSPS) is 25.4. The number of hydrogen-bond acceptors (Lipinski definition) is 5. The minimum atomic E-state index is -0.282. The number of ether oxygens (including phenoxy) is 1. The molecule has 2 aliphatic rings. The highest BCUT2D eigenvalue weighted by molar-refractivity contribution is 5.81. The summed E-state index contributed by atoms with van der Waals surface area (Å²) in [5, 5.41) is 0. The van der Waals surface area contributed by atoms with Crippen LogP contribution in [0, 0.1) is 5.92 Å². The molecule has 2 atom stereocenters. The second-order valence-electron chi connectivity index (χ2n) is 7.12. The number of morpholine rings is 1. The first-order chi connectivity index (χ1) is 11.6. The van der Waals surface area contributed by atoms with Crippen LogP contribution >= 0.6 is 0 Å². The van der Waals surface area contributed by atoms with Crippen LogP contribution < -0.4 is 0 Å². The monoisotopic (exact) mass is 332 g/mol. The van der Waals surface area contributed by atoms with Gasteiger partial charge in [-0.05, 0) is 38.1 Å². The number of likely N-dealkylation sites (tertiary alicyclic amines) is 1. The van der Waals surface area contributed by atoms with Crippen molar-refractivity contribution in [2.75, 3.05) is 53.4 Å². The van der Waals surface area contributed by atoms with Crippen LogP contribution in [0.25, 0.3) is 0 Å². The van der Waals surface area contributed by atoms with Crippen LogP contribution in [-0.4, -0.2) is 85.1 Å². The second-order valence-corrected chi connectivity index (χ2v) is 7.12. The number of hydrogen-bond donors (Lipinski definition) is 0. The highest BCUT2D eigenvalue weighted by Crippen LogP contribution is 2.20. The summed E-state index contributed by atoms with van der Waals surface area (Å²) in [6.45, 7) is 5.87. The molecule has 3 rings (SSSR count). The molecule has 0 bridgehead atoms. The van der Waals surface area contributed by atoms with Gasteiger partial charge >= 0.3 is 0 Å². The van der Waals surface area contributed by atoms with Crippen LogP contribution in [0.3, 0.4) is 0 Å². The molecule has 2 saturated heterocycles. The van der Waals surface area contributed by atoms with Gasteiger partial charge in [0.15, 0.2) is 0 Å². The molecule has 1 aromatic heterocycles. The van der Waals surface area contributed by atoms with Crippen molar-refractivity contribution >= 4 is 5.91 Å². The predicted molar refractivity (Wildman–Crippen MR) is 92.5 cm³/mol. The minimum Gasteiger partial charge on any atom is -0.366 e. The summed E-state index contributed by atoms with van der Waals surface area (Å²) in [4.78, 5) is 23.3. The van der Waals surface area contributed by atoms with E-state index in [1.807, 2.05) is 24.2 Å². The van der Waals surface area contributed by atoms with E-state index in [9.17, 15) is 4.79 Å². The first-order valence-corrected chi connectivity index (χ1v) is 8.78. The molecule has 2 fully saturated rings. The fraction of sp³-hybridized carbons (Fsp3) is 0.667. The molecule has 1 amide bonds. The molecule has 0 N–H and O–H groups in total. The number of rotatable bonds is 5. The minimum absolute atomic E-state index is 0.166. The van der Waals surface area contributed by atoms with E-state index in [1.54, 1.807) is 6.20 Å². The highest BCUT2D eigenvalue weighted by Gasteiger charge is 2.33. The third kappa shape index (κ3) is 4.53. The van der Waals surface area contributed by atoms with Gasteiger partial charge in [0, 0.05) is 51.7 Å². The first kappa shape index (κ1) is 17.3. The first-order valence-electron chi connectivity index (χ1n) is 8.78. The summed E-state index contributed by atoms with van der Waals surface area (Å²) < 4.78 is 5.67. The average Bonchev–Trinajstić information content (AvgIpc) is 3.03. The van der Waals surface area contributed by atoms with Crippen LogP contribution in [0.15, 0.2) is 24.5 Å².